The number of rotatable bonds is 5. The Morgan fingerprint density at radius 1 is 1.07 bits per heavy atom. The molecule has 1 saturated heterocycles. The highest BCUT2D eigenvalue weighted by atomic mass is 16.4. The van der Waals surface area contributed by atoms with Crippen molar-refractivity contribution < 1.29 is 9.90 Å². The summed E-state index contributed by atoms with van der Waals surface area (Å²) in [5.41, 5.74) is 4.24. The van der Waals surface area contributed by atoms with Gasteiger partial charge in [-0.15, -0.1) is 0 Å². The van der Waals surface area contributed by atoms with Crippen molar-refractivity contribution in [2.45, 2.75) is 20.0 Å². The minimum atomic E-state index is -0.851. The van der Waals surface area contributed by atoms with Crippen LogP contribution in [0, 0.1) is 6.92 Å². The number of hydrogen-bond acceptors (Lipinski definition) is 4. The van der Waals surface area contributed by atoms with Gasteiger partial charge in [0.2, 0.25) is 0 Å². The van der Waals surface area contributed by atoms with Crippen molar-refractivity contribution in [3.8, 4) is 0 Å². The first kappa shape index (κ1) is 17.5. The smallest absolute Gasteiger partial charge is 0.323 e. The summed E-state index contributed by atoms with van der Waals surface area (Å²) in [4.78, 5) is 20.5. The maximum atomic E-state index is 11.1. The van der Waals surface area contributed by atoms with E-state index >= 15 is 0 Å². The van der Waals surface area contributed by atoms with Gasteiger partial charge in [-0.3, -0.25) is 9.69 Å². The van der Waals surface area contributed by atoms with E-state index in [1.807, 2.05) is 13.0 Å². The topological polar surface area (TPSA) is 61.6 Å². The average molecular weight is 364 g/mol. The number of nitrogens with zero attached hydrogens (tertiary/aromatic N) is 4. The second kappa shape index (κ2) is 7.40. The van der Waals surface area contributed by atoms with Crippen LogP contribution < -0.4 is 4.90 Å². The largest absolute Gasteiger partial charge is 0.480 e. The molecule has 0 unspecified atom stereocenters. The lowest BCUT2D eigenvalue weighted by atomic mass is 10.2. The number of carboxylic acids is 1. The molecule has 1 aliphatic heterocycles. The number of anilines is 1. The predicted molar refractivity (Wildman–Crippen MR) is 106 cm³/mol. The molecule has 0 spiro atoms. The van der Waals surface area contributed by atoms with Crippen LogP contribution in [-0.4, -0.2) is 51.7 Å². The molecule has 2 aromatic carbocycles. The Labute approximate surface area is 158 Å². The molecule has 1 fully saturated rings. The van der Waals surface area contributed by atoms with E-state index in [9.17, 15) is 4.79 Å². The fourth-order valence-corrected chi connectivity index (χ4v) is 3.78. The van der Waals surface area contributed by atoms with E-state index in [2.05, 4.69) is 57.2 Å². The fraction of sp³-hybridized carbons (Fsp3) is 0.333. The Hall–Kier alpha value is -2.86. The van der Waals surface area contributed by atoms with Crippen LogP contribution in [0.25, 0.3) is 11.0 Å². The summed E-state index contributed by atoms with van der Waals surface area (Å²) >= 11 is 0. The number of benzene rings is 2. The Balaban J connectivity index is 1.45. The zero-order valence-electron chi connectivity index (χ0n) is 15.5. The number of aliphatic carboxylic acids is 1. The zero-order chi connectivity index (χ0) is 18.8. The molecule has 27 heavy (non-hydrogen) atoms. The maximum absolute atomic E-state index is 11.1. The highest BCUT2D eigenvalue weighted by Crippen LogP contribution is 2.24. The van der Waals surface area contributed by atoms with Gasteiger partial charge in [0.25, 0.3) is 0 Å². The first-order valence-electron chi connectivity index (χ1n) is 9.30. The monoisotopic (exact) mass is 364 g/mol. The fourth-order valence-electron chi connectivity index (χ4n) is 3.78. The van der Waals surface area contributed by atoms with Gasteiger partial charge in [-0.25, -0.2) is 4.98 Å². The number of aromatic nitrogens is 2. The van der Waals surface area contributed by atoms with Crippen LogP contribution in [-0.2, 0) is 17.9 Å². The molecule has 0 atom stereocenters. The van der Waals surface area contributed by atoms with Crippen molar-refractivity contribution in [2.75, 3.05) is 31.1 Å². The van der Waals surface area contributed by atoms with Crippen molar-refractivity contribution in [3.05, 3.63) is 59.9 Å². The molecule has 0 saturated carbocycles. The first-order valence-corrected chi connectivity index (χ1v) is 9.30. The van der Waals surface area contributed by atoms with Crippen LogP contribution in [0.1, 0.15) is 11.4 Å². The van der Waals surface area contributed by atoms with E-state index in [1.54, 1.807) is 4.57 Å². The van der Waals surface area contributed by atoms with Crippen molar-refractivity contribution in [1.29, 1.82) is 0 Å². The van der Waals surface area contributed by atoms with Crippen molar-refractivity contribution >= 4 is 22.7 Å². The van der Waals surface area contributed by atoms with Gasteiger partial charge in [-0.1, -0.05) is 30.3 Å². The molecule has 2 heterocycles. The van der Waals surface area contributed by atoms with E-state index in [-0.39, 0.29) is 6.54 Å². The zero-order valence-corrected chi connectivity index (χ0v) is 15.5. The number of carboxylic acid groups (broad SMARTS) is 1. The molecule has 1 aromatic heterocycles. The number of piperazine rings is 1. The van der Waals surface area contributed by atoms with Crippen LogP contribution in [0.4, 0.5) is 5.69 Å². The Kier molecular flexibility index (Phi) is 4.81. The summed E-state index contributed by atoms with van der Waals surface area (Å²) in [5.74, 6) is -0.117. The van der Waals surface area contributed by atoms with Gasteiger partial charge in [0.15, 0.2) is 0 Å². The molecule has 6 nitrogen and oxygen atoms in total. The number of carbonyl (C=O) groups is 1. The van der Waals surface area contributed by atoms with Crippen LogP contribution in [0.15, 0.2) is 48.5 Å². The number of hydrogen-bond donors (Lipinski definition) is 1. The van der Waals surface area contributed by atoms with Crippen LogP contribution in [0.5, 0.6) is 0 Å². The third-order valence-corrected chi connectivity index (χ3v) is 5.20. The predicted octanol–water partition coefficient (Wildman–Crippen LogP) is 2.75. The van der Waals surface area contributed by atoms with Crippen molar-refractivity contribution in [1.82, 2.24) is 14.5 Å². The minimum absolute atomic E-state index is 0.0557. The molecule has 4 rings (SSSR count). The van der Waals surface area contributed by atoms with Gasteiger partial charge in [-0.05, 0) is 30.7 Å². The summed E-state index contributed by atoms with van der Waals surface area (Å²) in [6.45, 7) is 6.80. The summed E-state index contributed by atoms with van der Waals surface area (Å²) in [5, 5.41) is 9.10. The lowest BCUT2D eigenvalue weighted by molar-refractivity contribution is -0.137. The Morgan fingerprint density at radius 2 is 1.81 bits per heavy atom. The quantitative estimate of drug-likeness (QED) is 0.754. The summed E-state index contributed by atoms with van der Waals surface area (Å²) in [6, 6.07) is 16.7. The second-order valence-corrected chi connectivity index (χ2v) is 7.06. The third kappa shape index (κ3) is 3.80. The SMILES string of the molecule is Cc1nc2cc(N3CCN(Cc4ccccc4)CC3)ccc2n1CC(=O)O. The molecule has 3 aromatic rings. The minimum Gasteiger partial charge on any atom is -0.480 e. The maximum Gasteiger partial charge on any atom is 0.323 e. The number of imidazole rings is 1. The molecule has 0 radical (unpaired) electrons. The van der Waals surface area contributed by atoms with Crippen LogP contribution >= 0.6 is 0 Å². The number of fused-ring (bicyclic) bond motifs is 1. The molecule has 0 amide bonds. The van der Waals surface area contributed by atoms with Gasteiger partial charge in [0, 0.05) is 38.4 Å². The highest BCUT2D eigenvalue weighted by Gasteiger charge is 2.18. The van der Waals surface area contributed by atoms with Gasteiger partial charge < -0.3 is 14.6 Å². The molecule has 1 aliphatic rings. The first-order chi connectivity index (χ1) is 13.1. The molecule has 0 aliphatic carbocycles. The second-order valence-electron chi connectivity index (χ2n) is 7.06. The highest BCUT2D eigenvalue weighted by molar-refractivity contribution is 5.82. The molecule has 0 bridgehead atoms. The van der Waals surface area contributed by atoms with Gasteiger partial charge in [0.05, 0.1) is 11.0 Å². The third-order valence-electron chi connectivity index (χ3n) is 5.20. The van der Waals surface area contributed by atoms with E-state index < -0.39 is 5.97 Å². The lowest BCUT2D eigenvalue weighted by Crippen LogP contribution is -2.45. The molecule has 140 valence electrons. The molecule has 6 heteroatoms. The van der Waals surface area contributed by atoms with Crippen molar-refractivity contribution in [3.63, 3.8) is 0 Å². The lowest BCUT2D eigenvalue weighted by Gasteiger charge is -2.36. The van der Waals surface area contributed by atoms with Gasteiger partial charge in [-0.2, -0.15) is 0 Å². The average Bonchev–Trinajstić information content (AvgIpc) is 2.97. The van der Waals surface area contributed by atoms with Crippen LogP contribution in [0.3, 0.4) is 0 Å². The van der Waals surface area contributed by atoms with Crippen molar-refractivity contribution in [2.24, 2.45) is 0 Å². The molecular formula is C21H24N4O2. The Morgan fingerprint density at radius 3 is 2.52 bits per heavy atom. The summed E-state index contributed by atoms with van der Waals surface area (Å²) < 4.78 is 1.75. The van der Waals surface area contributed by atoms with E-state index in [0.29, 0.717) is 0 Å². The molecular weight excluding hydrogens is 340 g/mol. The van der Waals surface area contributed by atoms with E-state index in [4.69, 9.17) is 5.11 Å². The van der Waals surface area contributed by atoms with Crippen LogP contribution in [0.2, 0.25) is 0 Å². The summed E-state index contributed by atoms with van der Waals surface area (Å²) in [6.07, 6.45) is 0. The van der Waals surface area contributed by atoms with Gasteiger partial charge in [0.1, 0.15) is 12.4 Å². The van der Waals surface area contributed by atoms with E-state index in [0.717, 1.165) is 55.3 Å². The van der Waals surface area contributed by atoms with Gasteiger partial charge >= 0.3 is 5.97 Å². The number of aryl methyl sites for hydroxylation is 1. The molecule has 1 N–H and O–H groups in total. The summed E-state index contributed by atoms with van der Waals surface area (Å²) in [7, 11) is 0. The van der Waals surface area contributed by atoms with E-state index in [1.165, 1.54) is 5.56 Å². The normalized spacial score (nSPS) is 15.4. The standard InChI is InChI=1S/C21H24N4O2/c1-16-22-19-13-18(7-8-20(19)25(16)15-21(26)27)24-11-9-23(10-12-24)14-17-5-3-2-4-6-17/h2-8,13H,9-12,14-15H2,1H3,(H,26,27). The Bertz CT molecular complexity index is 943.